The summed E-state index contributed by atoms with van der Waals surface area (Å²) >= 11 is 0. The summed E-state index contributed by atoms with van der Waals surface area (Å²) in [6.07, 6.45) is 1.35. The highest BCUT2D eigenvalue weighted by molar-refractivity contribution is 5.83. The summed E-state index contributed by atoms with van der Waals surface area (Å²) in [5, 5.41) is 17.6. The fraction of sp³-hybridized carbons (Fsp3) is 0.455. The van der Waals surface area contributed by atoms with Gasteiger partial charge in [0.05, 0.1) is 12.9 Å². The predicted molar refractivity (Wildman–Crippen MR) is 56.1 cm³/mol. The Morgan fingerprint density at radius 1 is 1.44 bits per heavy atom. The topological polar surface area (TPSA) is 82.5 Å². The number of nitrogens with zero attached hydrogens (tertiary/aromatic N) is 4. The van der Waals surface area contributed by atoms with Gasteiger partial charge in [-0.1, -0.05) is 20.8 Å². The molecule has 0 bridgehead atoms. The first kappa shape index (κ1) is 11.9. The van der Waals surface area contributed by atoms with E-state index in [1.54, 1.807) is 0 Å². The van der Waals surface area contributed by atoms with Crippen LogP contribution in [0.4, 0.5) is 0 Å². The Balaban J connectivity index is 3.01. The van der Waals surface area contributed by atoms with Crippen LogP contribution in [-0.2, 0) is 11.3 Å². The Morgan fingerprint density at radius 3 is 2.50 bits per heavy atom. The molecule has 0 radical (unpaired) electrons. The number of imidazole rings is 1. The highest BCUT2D eigenvalue weighted by Crippen LogP contribution is 2.16. The van der Waals surface area contributed by atoms with Gasteiger partial charge < -0.3 is 4.57 Å². The molecule has 1 rings (SSSR count). The van der Waals surface area contributed by atoms with Gasteiger partial charge in [-0.15, -0.1) is 0 Å². The standard InChI is InChI=1S/C11H12N4O/c1-11(2,3)10(16)6-15-7-14-8(4-12)9(15)5-13/h7H,6H2,1-3H3. The van der Waals surface area contributed by atoms with Gasteiger partial charge in [-0.2, -0.15) is 10.5 Å². The van der Waals surface area contributed by atoms with Crippen LogP contribution in [0.15, 0.2) is 6.33 Å². The predicted octanol–water partition coefficient (Wildman–Crippen LogP) is 1.24. The number of nitriles is 2. The van der Waals surface area contributed by atoms with Gasteiger partial charge in [0.15, 0.2) is 17.2 Å². The smallest absolute Gasteiger partial charge is 0.176 e. The molecule has 0 aromatic carbocycles. The van der Waals surface area contributed by atoms with E-state index in [2.05, 4.69) is 4.98 Å². The van der Waals surface area contributed by atoms with Crippen molar-refractivity contribution in [3.8, 4) is 12.1 Å². The van der Waals surface area contributed by atoms with Crippen LogP contribution in [0.2, 0.25) is 0 Å². The summed E-state index contributed by atoms with van der Waals surface area (Å²) < 4.78 is 1.41. The van der Waals surface area contributed by atoms with Crippen molar-refractivity contribution in [3.63, 3.8) is 0 Å². The number of ketones is 1. The fourth-order valence-corrected chi connectivity index (χ4v) is 1.09. The molecule has 0 N–H and O–H groups in total. The van der Waals surface area contributed by atoms with Crippen LogP contribution in [-0.4, -0.2) is 15.3 Å². The van der Waals surface area contributed by atoms with Crippen molar-refractivity contribution in [2.24, 2.45) is 5.41 Å². The number of hydrogen-bond acceptors (Lipinski definition) is 4. The van der Waals surface area contributed by atoms with Crippen molar-refractivity contribution >= 4 is 5.78 Å². The molecule has 16 heavy (non-hydrogen) atoms. The molecule has 0 amide bonds. The summed E-state index contributed by atoms with van der Waals surface area (Å²) in [4.78, 5) is 15.5. The van der Waals surface area contributed by atoms with Gasteiger partial charge in [-0.05, 0) is 0 Å². The van der Waals surface area contributed by atoms with Crippen molar-refractivity contribution < 1.29 is 4.79 Å². The zero-order valence-electron chi connectivity index (χ0n) is 9.48. The normalized spacial score (nSPS) is 10.6. The van der Waals surface area contributed by atoms with Crippen LogP contribution >= 0.6 is 0 Å². The maximum atomic E-state index is 11.8. The van der Waals surface area contributed by atoms with E-state index in [4.69, 9.17) is 10.5 Å². The summed E-state index contributed by atoms with van der Waals surface area (Å²) in [7, 11) is 0. The first-order valence-corrected chi connectivity index (χ1v) is 4.78. The van der Waals surface area contributed by atoms with Crippen LogP contribution in [0.3, 0.4) is 0 Å². The second-order valence-corrected chi connectivity index (χ2v) is 4.47. The van der Waals surface area contributed by atoms with Gasteiger partial charge in [0.1, 0.15) is 12.1 Å². The van der Waals surface area contributed by atoms with E-state index in [9.17, 15) is 4.79 Å². The molecule has 0 saturated carbocycles. The summed E-state index contributed by atoms with van der Waals surface area (Å²) in [5.74, 6) is -0.00844. The fourth-order valence-electron chi connectivity index (χ4n) is 1.09. The third kappa shape index (κ3) is 2.26. The second-order valence-electron chi connectivity index (χ2n) is 4.47. The molecular formula is C11H12N4O. The number of hydrogen-bond donors (Lipinski definition) is 0. The van der Waals surface area contributed by atoms with Gasteiger partial charge in [-0.3, -0.25) is 4.79 Å². The maximum absolute atomic E-state index is 11.8. The number of carbonyl (C=O) groups excluding carboxylic acids is 1. The molecule has 1 aromatic rings. The first-order valence-electron chi connectivity index (χ1n) is 4.78. The summed E-state index contributed by atoms with van der Waals surface area (Å²) in [6, 6.07) is 3.69. The molecule has 0 unspecified atom stereocenters. The molecule has 82 valence electrons. The average molecular weight is 216 g/mol. The second kappa shape index (κ2) is 4.16. The summed E-state index contributed by atoms with van der Waals surface area (Å²) in [6.45, 7) is 5.50. The Morgan fingerprint density at radius 2 is 2.06 bits per heavy atom. The Hall–Kier alpha value is -2.14. The van der Waals surface area contributed by atoms with Crippen molar-refractivity contribution in [1.29, 1.82) is 10.5 Å². The van der Waals surface area contributed by atoms with Crippen LogP contribution in [0.1, 0.15) is 32.2 Å². The first-order chi connectivity index (χ1) is 7.40. The van der Waals surface area contributed by atoms with E-state index in [1.807, 2.05) is 32.9 Å². The minimum Gasteiger partial charge on any atom is -0.314 e. The molecule has 0 aliphatic rings. The van der Waals surface area contributed by atoms with Crippen LogP contribution in [0.25, 0.3) is 0 Å². The quantitative estimate of drug-likeness (QED) is 0.744. The molecule has 0 fully saturated rings. The van der Waals surface area contributed by atoms with Crippen molar-refractivity contribution in [1.82, 2.24) is 9.55 Å². The van der Waals surface area contributed by atoms with Crippen molar-refractivity contribution in [3.05, 3.63) is 17.7 Å². The Bertz CT molecular complexity index is 494. The minimum atomic E-state index is -0.468. The molecule has 1 heterocycles. The zero-order valence-corrected chi connectivity index (χ0v) is 9.48. The molecule has 0 aliphatic carbocycles. The van der Waals surface area contributed by atoms with Gasteiger partial charge in [0.2, 0.25) is 0 Å². The molecular weight excluding hydrogens is 204 g/mol. The number of rotatable bonds is 2. The van der Waals surface area contributed by atoms with E-state index in [0.29, 0.717) is 0 Å². The van der Waals surface area contributed by atoms with E-state index in [0.717, 1.165) is 0 Å². The third-order valence-electron chi connectivity index (χ3n) is 2.20. The van der Waals surface area contributed by atoms with E-state index in [1.165, 1.54) is 10.9 Å². The van der Waals surface area contributed by atoms with Crippen molar-refractivity contribution in [2.75, 3.05) is 0 Å². The molecule has 0 atom stereocenters. The lowest BCUT2D eigenvalue weighted by Crippen LogP contribution is -2.25. The molecule has 1 aromatic heterocycles. The highest BCUT2D eigenvalue weighted by atomic mass is 16.1. The molecule has 0 aliphatic heterocycles. The SMILES string of the molecule is CC(C)(C)C(=O)Cn1cnc(C#N)c1C#N. The lowest BCUT2D eigenvalue weighted by atomic mass is 9.91. The largest absolute Gasteiger partial charge is 0.314 e. The maximum Gasteiger partial charge on any atom is 0.176 e. The molecule has 0 saturated heterocycles. The van der Waals surface area contributed by atoms with Crippen molar-refractivity contribution in [2.45, 2.75) is 27.3 Å². The minimum absolute atomic E-state index is 0.00844. The van der Waals surface area contributed by atoms with E-state index in [-0.39, 0.29) is 23.7 Å². The van der Waals surface area contributed by atoms with E-state index >= 15 is 0 Å². The monoisotopic (exact) mass is 216 g/mol. The zero-order chi connectivity index (χ0) is 12.3. The lowest BCUT2D eigenvalue weighted by Gasteiger charge is -2.16. The average Bonchev–Trinajstić information content (AvgIpc) is 2.58. The molecule has 5 heteroatoms. The summed E-state index contributed by atoms with van der Waals surface area (Å²) in [5.41, 5.74) is -0.270. The van der Waals surface area contributed by atoms with Crippen LogP contribution in [0.5, 0.6) is 0 Å². The van der Waals surface area contributed by atoms with Gasteiger partial charge in [-0.25, -0.2) is 4.98 Å². The molecule has 0 spiro atoms. The number of aromatic nitrogens is 2. The van der Waals surface area contributed by atoms with Crippen LogP contribution in [0, 0.1) is 28.1 Å². The van der Waals surface area contributed by atoms with Gasteiger partial charge in [0, 0.05) is 5.41 Å². The lowest BCUT2D eigenvalue weighted by molar-refractivity contribution is -0.126. The van der Waals surface area contributed by atoms with Crippen LogP contribution < -0.4 is 0 Å². The Kier molecular flexibility index (Phi) is 3.10. The highest BCUT2D eigenvalue weighted by Gasteiger charge is 2.23. The number of carbonyl (C=O) groups is 1. The Labute approximate surface area is 93.9 Å². The number of Topliss-reactive ketones (excluding diaryl/α,β-unsaturated/α-hetero) is 1. The van der Waals surface area contributed by atoms with Gasteiger partial charge in [0.25, 0.3) is 0 Å². The third-order valence-corrected chi connectivity index (χ3v) is 2.20. The van der Waals surface area contributed by atoms with E-state index < -0.39 is 5.41 Å². The molecule has 5 nitrogen and oxygen atoms in total. The van der Waals surface area contributed by atoms with Gasteiger partial charge >= 0.3 is 0 Å².